The molecule has 29 heavy (non-hydrogen) atoms. The maximum absolute atomic E-state index is 12.3. The zero-order valence-electron chi connectivity index (χ0n) is 16.1. The number of anilines is 2. The number of rotatable bonds is 7. The van der Waals surface area contributed by atoms with E-state index in [9.17, 15) is 19.2 Å². The van der Waals surface area contributed by atoms with E-state index in [-0.39, 0.29) is 12.8 Å². The van der Waals surface area contributed by atoms with Crippen LogP contribution in [0.4, 0.5) is 16.2 Å². The number of hydrogen-bond donors (Lipinski definition) is 3. The van der Waals surface area contributed by atoms with E-state index in [2.05, 4.69) is 20.9 Å². The quantitative estimate of drug-likeness (QED) is 0.443. The zero-order chi connectivity index (χ0) is 20.8. The zero-order valence-corrected chi connectivity index (χ0v) is 16.1. The van der Waals surface area contributed by atoms with Crippen molar-refractivity contribution in [3.8, 4) is 0 Å². The van der Waals surface area contributed by atoms with E-state index in [1.165, 1.54) is 6.92 Å². The Balaban J connectivity index is 1.43. The number of carbonyl (C=O) groups excluding carboxylic acids is 4. The first-order valence-corrected chi connectivity index (χ1v) is 9.47. The van der Waals surface area contributed by atoms with Gasteiger partial charge in [0.2, 0.25) is 0 Å². The highest BCUT2D eigenvalue weighted by molar-refractivity contribution is 6.04. The molecule has 2 aliphatic heterocycles. The van der Waals surface area contributed by atoms with Gasteiger partial charge in [0.15, 0.2) is 6.10 Å². The minimum Gasteiger partial charge on any atom is -0.453 e. The average molecular weight is 404 g/mol. The van der Waals surface area contributed by atoms with Crippen molar-refractivity contribution in [3.05, 3.63) is 24.3 Å². The van der Waals surface area contributed by atoms with Crippen LogP contribution >= 0.6 is 0 Å². The summed E-state index contributed by atoms with van der Waals surface area (Å²) in [4.78, 5) is 48.8. The van der Waals surface area contributed by atoms with E-state index in [1.54, 1.807) is 12.1 Å². The van der Waals surface area contributed by atoms with Gasteiger partial charge in [-0.05, 0) is 37.6 Å². The molecule has 3 rings (SSSR count). The normalized spacial score (nSPS) is 19.9. The highest BCUT2D eigenvalue weighted by atomic mass is 16.5. The molecule has 0 spiro atoms. The van der Waals surface area contributed by atoms with Crippen molar-refractivity contribution in [3.63, 3.8) is 0 Å². The lowest BCUT2D eigenvalue weighted by Crippen LogP contribution is -2.36. The summed E-state index contributed by atoms with van der Waals surface area (Å²) < 4.78 is 10.4. The molecule has 2 saturated heterocycles. The largest absolute Gasteiger partial charge is 0.453 e. The summed E-state index contributed by atoms with van der Waals surface area (Å²) in [5, 5.41) is 7.19. The number of nitrogens with one attached hydrogen (secondary N) is 3. The molecule has 0 radical (unpaired) electrons. The van der Waals surface area contributed by atoms with Gasteiger partial charge in [0.25, 0.3) is 11.8 Å². The molecule has 2 fully saturated rings. The summed E-state index contributed by atoms with van der Waals surface area (Å²) in [6.07, 6.45) is -0.980. The van der Waals surface area contributed by atoms with Crippen molar-refractivity contribution in [1.82, 2.24) is 10.6 Å². The third-order valence-corrected chi connectivity index (χ3v) is 4.68. The smallest absolute Gasteiger partial charge is 0.322 e. The predicted molar refractivity (Wildman–Crippen MR) is 103 cm³/mol. The third kappa shape index (κ3) is 5.67. The van der Waals surface area contributed by atoms with Crippen LogP contribution in [0.2, 0.25) is 0 Å². The first-order chi connectivity index (χ1) is 13.9. The Kier molecular flexibility index (Phi) is 6.65. The minimum atomic E-state index is -0.992. The van der Waals surface area contributed by atoms with E-state index in [0.29, 0.717) is 18.9 Å². The number of hydrogen-bond acceptors (Lipinski definition) is 7. The van der Waals surface area contributed by atoms with Gasteiger partial charge in [0.05, 0.1) is 13.2 Å². The molecule has 1 aromatic rings. The first kappa shape index (κ1) is 20.6. The summed E-state index contributed by atoms with van der Waals surface area (Å²) >= 11 is 0. The molecule has 2 unspecified atom stereocenters. The summed E-state index contributed by atoms with van der Waals surface area (Å²) in [5.41, 5.74) is 1.65. The molecular weight excluding hydrogens is 380 g/mol. The van der Waals surface area contributed by atoms with Crippen LogP contribution in [0.5, 0.6) is 0 Å². The second kappa shape index (κ2) is 9.37. The molecule has 3 N–H and O–H groups in total. The molecule has 1 aromatic carbocycles. The number of urea groups is 1. The number of amides is 4. The maximum Gasteiger partial charge on any atom is 0.322 e. The first-order valence-electron chi connectivity index (χ1n) is 9.47. The molecular formula is C19H24N4O6. The van der Waals surface area contributed by atoms with Crippen LogP contribution in [-0.4, -0.2) is 62.3 Å². The van der Waals surface area contributed by atoms with Crippen LogP contribution in [0, 0.1) is 0 Å². The van der Waals surface area contributed by atoms with E-state index in [1.807, 2.05) is 12.1 Å². The number of benzene rings is 1. The van der Waals surface area contributed by atoms with Gasteiger partial charge in [-0.2, -0.15) is 0 Å². The number of imide groups is 1. The van der Waals surface area contributed by atoms with Gasteiger partial charge in [0.1, 0.15) is 6.04 Å². The maximum atomic E-state index is 12.3. The summed E-state index contributed by atoms with van der Waals surface area (Å²) in [6, 6.07) is 6.07. The lowest BCUT2D eigenvalue weighted by Gasteiger charge is -2.28. The molecule has 10 heteroatoms. The van der Waals surface area contributed by atoms with Crippen LogP contribution in [0.15, 0.2) is 24.3 Å². The number of esters is 1. The lowest BCUT2D eigenvalue weighted by atomic mass is 10.1. The predicted octanol–water partition coefficient (Wildman–Crippen LogP) is 0.382. The Morgan fingerprint density at radius 3 is 2.55 bits per heavy atom. The topological polar surface area (TPSA) is 126 Å². The Labute approximate surface area is 167 Å². The number of nitrogens with zero attached hydrogens (tertiary/aromatic N) is 1. The van der Waals surface area contributed by atoms with Gasteiger partial charge in [-0.25, -0.2) is 4.79 Å². The molecule has 156 valence electrons. The van der Waals surface area contributed by atoms with Crippen LogP contribution in [0.1, 0.15) is 19.8 Å². The molecule has 2 atom stereocenters. The fourth-order valence-electron chi connectivity index (χ4n) is 3.05. The van der Waals surface area contributed by atoms with E-state index in [4.69, 9.17) is 9.47 Å². The van der Waals surface area contributed by atoms with Gasteiger partial charge in [-0.1, -0.05) is 0 Å². The average Bonchev–Trinajstić information content (AvgIpc) is 3.04. The van der Waals surface area contributed by atoms with Crippen molar-refractivity contribution in [2.24, 2.45) is 0 Å². The van der Waals surface area contributed by atoms with Crippen LogP contribution in [0.25, 0.3) is 0 Å². The van der Waals surface area contributed by atoms with Crippen molar-refractivity contribution >= 4 is 35.2 Å². The minimum absolute atomic E-state index is 0.0930. The summed E-state index contributed by atoms with van der Waals surface area (Å²) in [7, 11) is 0. The molecule has 0 aliphatic carbocycles. The summed E-state index contributed by atoms with van der Waals surface area (Å²) in [6.45, 7) is 4.51. The van der Waals surface area contributed by atoms with E-state index >= 15 is 0 Å². The number of morpholine rings is 1. The SMILES string of the molecule is CC(OC(=O)CCC1NC(=O)NC1=O)C(=O)Nc1ccc(N2CCOCC2)cc1. The molecule has 0 bridgehead atoms. The number of ether oxygens (including phenoxy) is 2. The molecule has 0 saturated carbocycles. The monoisotopic (exact) mass is 404 g/mol. The van der Waals surface area contributed by atoms with Crippen LogP contribution in [-0.2, 0) is 23.9 Å². The summed E-state index contributed by atoms with van der Waals surface area (Å²) in [5.74, 6) is -1.55. The third-order valence-electron chi connectivity index (χ3n) is 4.68. The molecule has 2 heterocycles. The van der Waals surface area contributed by atoms with Crippen molar-refractivity contribution in [2.75, 3.05) is 36.5 Å². The Morgan fingerprint density at radius 2 is 1.93 bits per heavy atom. The second-order valence-corrected chi connectivity index (χ2v) is 6.82. The fourth-order valence-corrected chi connectivity index (χ4v) is 3.05. The highest BCUT2D eigenvalue weighted by Crippen LogP contribution is 2.19. The Hall–Kier alpha value is -3.14. The van der Waals surface area contributed by atoms with Crippen LogP contribution < -0.4 is 20.9 Å². The van der Waals surface area contributed by atoms with Gasteiger partial charge in [0, 0.05) is 30.9 Å². The molecule has 10 nitrogen and oxygen atoms in total. The van der Waals surface area contributed by atoms with Gasteiger partial charge in [-0.3, -0.25) is 19.7 Å². The van der Waals surface area contributed by atoms with E-state index in [0.717, 1.165) is 18.8 Å². The van der Waals surface area contributed by atoms with E-state index < -0.39 is 36.0 Å². The number of carbonyl (C=O) groups is 4. The molecule has 2 aliphatic rings. The highest BCUT2D eigenvalue weighted by Gasteiger charge is 2.30. The van der Waals surface area contributed by atoms with Crippen molar-refractivity contribution in [1.29, 1.82) is 0 Å². The second-order valence-electron chi connectivity index (χ2n) is 6.82. The fraction of sp³-hybridized carbons (Fsp3) is 0.474. The lowest BCUT2D eigenvalue weighted by molar-refractivity contribution is -0.153. The standard InChI is InChI=1S/C19H24N4O6/c1-12(29-16(24)7-6-15-18(26)22-19(27)21-15)17(25)20-13-2-4-14(5-3-13)23-8-10-28-11-9-23/h2-5,12,15H,6-11H2,1H3,(H,20,25)(H2,21,22,26,27). The van der Waals surface area contributed by atoms with Gasteiger partial charge >= 0.3 is 12.0 Å². The Morgan fingerprint density at radius 1 is 1.24 bits per heavy atom. The van der Waals surface area contributed by atoms with Crippen molar-refractivity contribution in [2.45, 2.75) is 31.9 Å². The van der Waals surface area contributed by atoms with Gasteiger partial charge < -0.3 is 25.0 Å². The van der Waals surface area contributed by atoms with Crippen molar-refractivity contribution < 1.29 is 28.7 Å². The van der Waals surface area contributed by atoms with Crippen LogP contribution in [0.3, 0.4) is 0 Å². The Bertz CT molecular complexity index is 775. The molecule has 4 amide bonds. The van der Waals surface area contributed by atoms with Gasteiger partial charge in [-0.15, -0.1) is 0 Å². The molecule has 0 aromatic heterocycles.